The van der Waals surface area contributed by atoms with Gasteiger partial charge in [0, 0.05) is 25.4 Å². The first kappa shape index (κ1) is 18.7. The summed E-state index contributed by atoms with van der Waals surface area (Å²) < 4.78 is 2.36. The number of imidazole rings is 1. The van der Waals surface area contributed by atoms with Crippen LogP contribution in [0.3, 0.4) is 0 Å². The molecular formula is C24H29N3O. The van der Waals surface area contributed by atoms with Crippen molar-refractivity contribution in [2.45, 2.75) is 52.0 Å². The second kappa shape index (κ2) is 8.59. The third kappa shape index (κ3) is 4.61. The minimum atomic E-state index is 0.250. The SMILES string of the molecule is Cc1cccc(Cn2c(CCCCCNC(=O)C3CC3)nc3ccccc32)c1. The predicted octanol–water partition coefficient (Wildman–Crippen LogP) is 4.63. The number of aromatic nitrogens is 2. The summed E-state index contributed by atoms with van der Waals surface area (Å²) in [7, 11) is 0. The van der Waals surface area contributed by atoms with Gasteiger partial charge in [-0.1, -0.05) is 48.4 Å². The minimum Gasteiger partial charge on any atom is -0.356 e. The van der Waals surface area contributed by atoms with Crippen molar-refractivity contribution in [2.75, 3.05) is 6.54 Å². The number of fused-ring (bicyclic) bond motifs is 1. The third-order valence-electron chi connectivity index (χ3n) is 5.48. The fourth-order valence-corrected chi connectivity index (χ4v) is 3.77. The zero-order valence-corrected chi connectivity index (χ0v) is 16.7. The van der Waals surface area contributed by atoms with Crippen molar-refractivity contribution in [1.82, 2.24) is 14.9 Å². The van der Waals surface area contributed by atoms with Gasteiger partial charge in [-0.05, 0) is 50.3 Å². The van der Waals surface area contributed by atoms with Crippen LogP contribution in [0.25, 0.3) is 11.0 Å². The Morgan fingerprint density at radius 2 is 1.96 bits per heavy atom. The molecule has 2 aromatic carbocycles. The molecule has 1 fully saturated rings. The summed E-state index contributed by atoms with van der Waals surface area (Å²) in [6.07, 6.45) is 6.36. The Morgan fingerprint density at radius 3 is 2.79 bits per heavy atom. The number of unbranched alkanes of at least 4 members (excludes halogenated alkanes) is 2. The number of hydrogen-bond donors (Lipinski definition) is 1. The van der Waals surface area contributed by atoms with E-state index in [1.807, 2.05) is 0 Å². The minimum absolute atomic E-state index is 0.250. The number of nitrogens with zero attached hydrogens (tertiary/aromatic N) is 2. The summed E-state index contributed by atoms with van der Waals surface area (Å²) >= 11 is 0. The monoisotopic (exact) mass is 375 g/mol. The first-order valence-electron chi connectivity index (χ1n) is 10.5. The average molecular weight is 376 g/mol. The molecule has 0 unspecified atom stereocenters. The van der Waals surface area contributed by atoms with Crippen LogP contribution in [0.5, 0.6) is 0 Å². The molecule has 1 heterocycles. The molecule has 4 heteroatoms. The number of aryl methyl sites for hydroxylation is 2. The Morgan fingerprint density at radius 1 is 1.11 bits per heavy atom. The summed E-state index contributed by atoms with van der Waals surface area (Å²) in [5.41, 5.74) is 4.88. The maximum absolute atomic E-state index is 11.7. The van der Waals surface area contributed by atoms with Crippen LogP contribution in [0.15, 0.2) is 48.5 Å². The molecule has 3 aromatic rings. The number of benzene rings is 2. The Bertz CT molecular complexity index is 955. The van der Waals surface area contributed by atoms with Crippen molar-refractivity contribution >= 4 is 16.9 Å². The molecule has 0 radical (unpaired) electrons. The molecule has 1 aromatic heterocycles. The first-order valence-corrected chi connectivity index (χ1v) is 10.5. The molecular weight excluding hydrogens is 346 g/mol. The molecule has 0 saturated heterocycles. The van der Waals surface area contributed by atoms with Gasteiger partial charge in [0.1, 0.15) is 5.82 Å². The second-order valence-electron chi connectivity index (χ2n) is 7.97. The molecule has 1 saturated carbocycles. The summed E-state index contributed by atoms with van der Waals surface area (Å²) in [6, 6.07) is 17.1. The van der Waals surface area contributed by atoms with E-state index in [0.29, 0.717) is 5.92 Å². The molecule has 4 nitrogen and oxygen atoms in total. The van der Waals surface area contributed by atoms with Crippen LogP contribution in [0.1, 0.15) is 49.1 Å². The Balaban J connectivity index is 1.37. The third-order valence-corrected chi connectivity index (χ3v) is 5.48. The molecule has 0 atom stereocenters. The van der Waals surface area contributed by atoms with Crippen LogP contribution in [0, 0.1) is 12.8 Å². The van der Waals surface area contributed by atoms with Gasteiger partial charge in [0.05, 0.1) is 11.0 Å². The fourth-order valence-electron chi connectivity index (χ4n) is 3.77. The van der Waals surface area contributed by atoms with Crippen LogP contribution in [-0.4, -0.2) is 22.0 Å². The number of carbonyl (C=O) groups is 1. The number of rotatable bonds is 9. The van der Waals surface area contributed by atoms with E-state index in [0.717, 1.165) is 63.0 Å². The molecule has 1 amide bonds. The summed E-state index contributed by atoms with van der Waals surface area (Å²) in [6.45, 7) is 3.79. The zero-order valence-electron chi connectivity index (χ0n) is 16.7. The predicted molar refractivity (Wildman–Crippen MR) is 113 cm³/mol. The standard InChI is InChI=1S/C24H29N3O/c1-18-8-7-9-19(16-18)17-27-22-11-5-4-10-21(22)26-23(27)12-3-2-6-15-25-24(28)20-13-14-20/h4-5,7-11,16,20H,2-3,6,12-15,17H2,1H3,(H,25,28). The number of para-hydroxylation sites is 2. The highest BCUT2D eigenvalue weighted by Crippen LogP contribution is 2.28. The lowest BCUT2D eigenvalue weighted by Gasteiger charge is -2.10. The van der Waals surface area contributed by atoms with Crippen LogP contribution in [0.4, 0.5) is 0 Å². The van der Waals surface area contributed by atoms with Gasteiger partial charge in [0.25, 0.3) is 0 Å². The van der Waals surface area contributed by atoms with E-state index in [4.69, 9.17) is 4.98 Å². The topological polar surface area (TPSA) is 46.9 Å². The summed E-state index contributed by atoms with van der Waals surface area (Å²) in [5, 5.41) is 3.05. The van der Waals surface area contributed by atoms with E-state index in [1.54, 1.807) is 0 Å². The maximum Gasteiger partial charge on any atom is 0.223 e. The smallest absolute Gasteiger partial charge is 0.223 e. The summed E-state index contributed by atoms with van der Waals surface area (Å²) in [5.74, 6) is 1.71. The van der Waals surface area contributed by atoms with Gasteiger partial charge in [-0.2, -0.15) is 0 Å². The molecule has 28 heavy (non-hydrogen) atoms. The van der Waals surface area contributed by atoms with Crippen molar-refractivity contribution in [1.29, 1.82) is 0 Å². The number of nitrogens with one attached hydrogen (secondary N) is 1. The Labute approximate surface area is 167 Å². The van der Waals surface area contributed by atoms with Gasteiger partial charge >= 0.3 is 0 Å². The van der Waals surface area contributed by atoms with Gasteiger partial charge in [0.15, 0.2) is 0 Å². The van der Waals surface area contributed by atoms with Crippen molar-refractivity contribution in [3.05, 3.63) is 65.5 Å². The molecule has 0 bridgehead atoms. The highest BCUT2D eigenvalue weighted by Gasteiger charge is 2.28. The Kier molecular flexibility index (Phi) is 5.75. The van der Waals surface area contributed by atoms with E-state index < -0.39 is 0 Å². The lowest BCUT2D eigenvalue weighted by molar-refractivity contribution is -0.122. The molecule has 146 valence electrons. The lowest BCUT2D eigenvalue weighted by atomic mass is 10.1. The fraction of sp³-hybridized carbons (Fsp3) is 0.417. The molecule has 4 rings (SSSR count). The molecule has 0 spiro atoms. The van der Waals surface area contributed by atoms with E-state index in [2.05, 4.69) is 65.3 Å². The maximum atomic E-state index is 11.7. The molecule has 1 aliphatic carbocycles. The van der Waals surface area contributed by atoms with E-state index >= 15 is 0 Å². The molecule has 1 aliphatic rings. The zero-order chi connectivity index (χ0) is 19.3. The van der Waals surface area contributed by atoms with Gasteiger partial charge in [0.2, 0.25) is 5.91 Å². The van der Waals surface area contributed by atoms with Crippen molar-refractivity contribution < 1.29 is 4.79 Å². The molecule has 0 aliphatic heterocycles. The molecule has 1 N–H and O–H groups in total. The van der Waals surface area contributed by atoms with E-state index in [-0.39, 0.29) is 5.91 Å². The Hall–Kier alpha value is -2.62. The first-order chi connectivity index (χ1) is 13.7. The van der Waals surface area contributed by atoms with Crippen LogP contribution in [-0.2, 0) is 17.8 Å². The van der Waals surface area contributed by atoms with Crippen LogP contribution < -0.4 is 5.32 Å². The van der Waals surface area contributed by atoms with Crippen molar-refractivity contribution in [3.63, 3.8) is 0 Å². The largest absolute Gasteiger partial charge is 0.356 e. The summed E-state index contributed by atoms with van der Waals surface area (Å²) in [4.78, 5) is 16.6. The van der Waals surface area contributed by atoms with Gasteiger partial charge in [-0.3, -0.25) is 4.79 Å². The number of carbonyl (C=O) groups excluding carboxylic acids is 1. The van der Waals surface area contributed by atoms with E-state index in [9.17, 15) is 4.79 Å². The quantitative estimate of drug-likeness (QED) is 0.554. The average Bonchev–Trinajstić information content (AvgIpc) is 3.49. The lowest BCUT2D eigenvalue weighted by Crippen LogP contribution is -2.25. The number of hydrogen-bond acceptors (Lipinski definition) is 2. The van der Waals surface area contributed by atoms with Crippen LogP contribution >= 0.6 is 0 Å². The normalized spacial score (nSPS) is 13.8. The highest BCUT2D eigenvalue weighted by atomic mass is 16.2. The van der Waals surface area contributed by atoms with Gasteiger partial charge in [-0.15, -0.1) is 0 Å². The van der Waals surface area contributed by atoms with Crippen LogP contribution in [0.2, 0.25) is 0 Å². The van der Waals surface area contributed by atoms with Gasteiger partial charge in [-0.25, -0.2) is 4.98 Å². The highest BCUT2D eigenvalue weighted by molar-refractivity contribution is 5.80. The van der Waals surface area contributed by atoms with Crippen molar-refractivity contribution in [3.8, 4) is 0 Å². The number of amides is 1. The van der Waals surface area contributed by atoms with Gasteiger partial charge < -0.3 is 9.88 Å². The second-order valence-corrected chi connectivity index (χ2v) is 7.97. The van der Waals surface area contributed by atoms with E-state index in [1.165, 1.54) is 16.6 Å². The van der Waals surface area contributed by atoms with Crippen molar-refractivity contribution in [2.24, 2.45) is 5.92 Å².